The molecule has 2 aromatic rings. The molecule has 2 aliphatic rings. The molecule has 170 valence electrons. The Balaban J connectivity index is 1.56. The number of ether oxygens (including phenoxy) is 1. The first-order valence-electron chi connectivity index (χ1n) is 11.2. The number of carbonyl (C=O) groups is 2. The number of halogens is 1. The number of hydrogen-bond donors (Lipinski definition) is 1. The van der Waals surface area contributed by atoms with Gasteiger partial charge in [-0.25, -0.2) is 4.79 Å². The van der Waals surface area contributed by atoms with Gasteiger partial charge >= 0.3 is 6.09 Å². The van der Waals surface area contributed by atoms with Gasteiger partial charge in [0, 0.05) is 35.1 Å². The van der Waals surface area contributed by atoms with E-state index in [1.807, 2.05) is 33.8 Å². The molecule has 5 nitrogen and oxygen atoms in total. The predicted molar refractivity (Wildman–Crippen MR) is 126 cm³/mol. The number of likely N-dealkylation sites (tertiary alicyclic amines) is 1. The van der Waals surface area contributed by atoms with Crippen molar-refractivity contribution < 1.29 is 14.3 Å². The third-order valence-corrected chi connectivity index (χ3v) is 6.93. The van der Waals surface area contributed by atoms with Crippen molar-refractivity contribution in [3.63, 3.8) is 0 Å². The molecule has 1 aliphatic carbocycles. The minimum atomic E-state index is -0.515. The standard InChI is InChI=1S/C26H31ClN2O3/c1-17-15-19(27)9-10-20(17)23(30)28-22-16-18-7-5-6-8-21(18)26(22)11-13-29(14-12-26)24(31)32-25(2,3)4/h5-10,15,22H,11-14,16H2,1-4H3,(H,28,30). The fraction of sp³-hybridized carbons (Fsp3) is 0.462. The van der Waals surface area contributed by atoms with E-state index in [1.165, 1.54) is 11.1 Å². The van der Waals surface area contributed by atoms with Crippen LogP contribution < -0.4 is 5.32 Å². The molecule has 4 rings (SSSR count). The molecule has 1 fully saturated rings. The number of nitrogens with one attached hydrogen (secondary N) is 1. The zero-order valence-electron chi connectivity index (χ0n) is 19.2. The Bertz CT molecular complexity index is 1040. The Morgan fingerprint density at radius 2 is 1.81 bits per heavy atom. The molecule has 0 aromatic heterocycles. The molecule has 1 atom stereocenters. The molecule has 2 amide bonds. The van der Waals surface area contributed by atoms with Gasteiger partial charge in [-0.15, -0.1) is 0 Å². The van der Waals surface area contributed by atoms with Gasteiger partial charge in [0.2, 0.25) is 0 Å². The number of aryl methyl sites for hydroxylation is 1. The topological polar surface area (TPSA) is 58.6 Å². The number of benzene rings is 2. The van der Waals surface area contributed by atoms with Crippen LogP contribution in [0.3, 0.4) is 0 Å². The lowest BCUT2D eigenvalue weighted by atomic mass is 9.71. The molecule has 1 heterocycles. The molecule has 0 radical (unpaired) electrons. The quantitative estimate of drug-likeness (QED) is 0.672. The molecule has 1 saturated heterocycles. The van der Waals surface area contributed by atoms with Gasteiger partial charge in [-0.3, -0.25) is 4.79 Å². The number of fused-ring (bicyclic) bond motifs is 2. The highest BCUT2D eigenvalue weighted by Gasteiger charge is 2.49. The first kappa shape index (κ1) is 22.7. The number of carbonyl (C=O) groups excluding carboxylic acids is 2. The van der Waals surface area contributed by atoms with E-state index in [1.54, 1.807) is 17.0 Å². The van der Waals surface area contributed by atoms with Crippen molar-refractivity contribution in [1.82, 2.24) is 10.2 Å². The molecule has 0 saturated carbocycles. The maximum Gasteiger partial charge on any atom is 0.410 e. The summed E-state index contributed by atoms with van der Waals surface area (Å²) >= 11 is 6.07. The summed E-state index contributed by atoms with van der Waals surface area (Å²) in [6.07, 6.45) is 2.10. The summed E-state index contributed by atoms with van der Waals surface area (Å²) in [6, 6.07) is 13.8. The second-order valence-electron chi connectivity index (χ2n) is 9.97. The number of hydrogen-bond acceptors (Lipinski definition) is 3. The Labute approximate surface area is 195 Å². The zero-order valence-corrected chi connectivity index (χ0v) is 20.0. The van der Waals surface area contributed by atoms with E-state index in [-0.39, 0.29) is 23.5 Å². The molecule has 1 aliphatic heterocycles. The number of amides is 2. The van der Waals surface area contributed by atoms with Gasteiger partial charge in [-0.2, -0.15) is 0 Å². The van der Waals surface area contributed by atoms with Crippen molar-refractivity contribution in [2.24, 2.45) is 0 Å². The fourth-order valence-electron chi connectivity index (χ4n) is 5.13. The lowest BCUT2D eigenvalue weighted by molar-refractivity contribution is 0.0146. The Hall–Kier alpha value is -2.53. The van der Waals surface area contributed by atoms with Crippen molar-refractivity contribution in [2.75, 3.05) is 13.1 Å². The highest BCUT2D eigenvalue weighted by molar-refractivity contribution is 6.30. The van der Waals surface area contributed by atoms with Crippen molar-refractivity contribution in [3.05, 3.63) is 69.7 Å². The van der Waals surface area contributed by atoms with Crippen LogP contribution in [-0.4, -0.2) is 41.6 Å². The fourth-order valence-corrected chi connectivity index (χ4v) is 5.35. The van der Waals surface area contributed by atoms with Crippen LogP contribution in [0.4, 0.5) is 4.79 Å². The predicted octanol–water partition coefficient (Wildman–Crippen LogP) is 5.27. The van der Waals surface area contributed by atoms with Gasteiger partial charge in [0.15, 0.2) is 0 Å². The summed E-state index contributed by atoms with van der Waals surface area (Å²) in [7, 11) is 0. The first-order chi connectivity index (χ1) is 15.1. The summed E-state index contributed by atoms with van der Waals surface area (Å²) < 4.78 is 5.58. The van der Waals surface area contributed by atoms with Crippen LogP contribution >= 0.6 is 11.6 Å². The first-order valence-corrected chi connectivity index (χ1v) is 11.6. The summed E-state index contributed by atoms with van der Waals surface area (Å²) in [5, 5.41) is 3.95. The minimum Gasteiger partial charge on any atom is -0.444 e. The van der Waals surface area contributed by atoms with Crippen LogP contribution in [0.25, 0.3) is 0 Å². The molecule has 1 spiro atoms. The van der Waals surface area contributed by atoms with Crippen LogP contribution in [-0.2, 0) is 16.6 Å². The lowest BCUT2D eigenvalue weighted by Gasteiger charge is -2.44. The van der Waals surface area contributed by atoms with E-state index in [9.17, 15) is 9.59 Å². The second-order valence-corrected chi connectivity index (χ2v) is 10.4. The summed E-state index contributed by atoms with van der Waals surface area (Å²) in [4.78, 5) is 27.6. The van der Waals surface area contributed by atoms with Gasteiger partial charge in [0.25, 0.3) is 5.91 Å². The van der Waals surface area contributed by atoms with E-state index < -0.39 is 5.60 Å². The average Bonchev–Trinajstić information content (AvgIpc) is 3.00. The van der Waals surface area contributed by atoms with Gasteiger partial charge in [0.1, 0.15) is 5.60 Å². The van der Waals surface area contributed by atoms with Crippen LogP contribution in [0.15, 0.2) is 42.5 Å². The number of piperidine rings is 1. The third kappa shape index (κ3) is 4.36. The number of rotatable bonds is 2. The summed E-state index contributed by atoms with van der Waals surface area (Å²) in [5.74, 6) is -0.0779. The monoisotopic (exact) mass is 454 g/mol. The molecular formula is C26H31ClN2O3. The molecule has 6 heteroatoms. The van der Waals surface area contributed by atoms with Crippen LogP contribution in [0.5, 0.6) is 0 Å². The molecule has 0 bridgehead atoms. The van der Waals surface area contributed by atoms with E-state index in [0.29, 0.717) is 23.7 Å². The minimum absolute atomic E-state index is 0.0248. The zero-order chi connectivity index (χ0) is 23.1. The highest BCUT2D eigenvalue weighted by atomic mass is 35.5. The van der Waals surface area contributed by atoms with E-state index in [0.717, 1.165) is 24.8 Å². The maximum absolute atomic E-state index is 13.2. The Morgan fingerprint density at radius 3 is 2.47 bits per heavy atom. The van der Waals surface area contributed by atoms with Crippen molar-refractivity contribution in [2.45, 2.75) is 64.0 Å². The van der Waals surface area contributed by atoms with Gasteiger partial charge < -0.3 is 15.0 Å². The van der Waals surface area contributed by atoms with Crippen LogP contribution in [0.1, 0.15) is 60.7 Å². The van der Waals surface area contributed by atoms with Gasteiger partial charge in [-0.05, 0) is 81.8 Å². The van der Waals surface area contributed by atoms with E-state index in [4.69, 9.17) is 16.3 Å². The van der Waals surface area contributed by atoms with Crippen molar-refractivity contribution >= 4 is 23.6 Å². The SMILES string of the molecule is Cc1cc(Cl)ccc1C(=O)NC1Cc2ccccc2C12CCN(C(=O)OC(C)(C)C)CC2. The maximum atomic E-state index is 13.2. The largest absolute Gasteiger partial charge is 0.444 e. The van der Waals surface area contributed by atoms with E-state index in [2.05, 4.69) is 29.6 Å². The second kappa shape index (κ2) is 8.43. The highest BCUT2D eigenvalue weighted by Crippen LogP contribution is 2.46. The summed E-state index contributed by atoms with van der Waals surface area (Å²) in [6.45, 7) is 8.76. The smallest absolute Gasteiger partial charge is 0.410 e. The molecular weight excluding hydrogens is 424 g/mol. The Kier molecular flexibility index (Phi) is 5.97. The normalized spacial score (nSPS) is 19.5. The van der Waals surface area contributed by atoms with Gasteiger partial charge in [0.05, 0.1) is 0 Å². The van der Waals surface area contributed by atoms with Crippen LogP contribution in [0.2, 0.25) is 5.02 Å². The third-order valence-electron chi connectivity index (χ3n) is 6.69. The Morgan fingerprint density at radius 1 is 1.12 bits per heavy atom. The number of nitrogens with zero attached hydrogens (tertiary/aromatic N) is 1. The van der Waals surface area contributed by atoms with Crippen molar-refractivity contribution in [3.8, 4) is 0 Å². The van der Waals surface area contributed by atoms with Crippen molar-refractivity contribution in [1.29, 1.82) is 0 Å². The lowest BCUT2D eigenvalue weighted by Crippen LogP contribution is -2.55. The molecule has 1 unspecified atom stereocenters. The molecule has 1 N–H and O–H groups in total. The van der Waals surface area contributed by atoms with E-state index >= 15 is 0 Å². The van der Waals surface area contributed by atoms with Gasteiger partial charge in [-0.1, -0.05) is 35.9 Å². The summed E-state index contributed by atoms with van der Waals surface area (Å²) in [5.41, 5.74) is 3.37. The average molecular weight is 455 g/mol. The molecule has 2 aromatic carbocycles. The molecule has 32 heavy (non-hydrogen) atoms. The van der Waals surface area contributed by atoms with Crippen LogP contribution in [0, 0.1) is 6.92 Å².